The zero-order valence-electron chi connectivity index (χ0n) is 22.4. The van der Waals surface area contributed by atoms with Crippen LogP contribution in [0.1, 0.15) is 53.8 Å². The van der Waals surface area contributed by atoms with Gasteiger partial charge in [0.1, 0.15) is 16.3 Å². The molecule has 1 aliphatic heterocycles. The summed E-state index contributed by atoms with van der Waals surface area (Å²) in [6, 6.07) is 8.07. The Kier molecular flexibility index (Phi) is 7.09. The van der Waals surface area contributed by atoms with Gasteiger partial charge >= 0.3 is 5.91 Å². The van der Waals surface area contributed by atoms with Crippen LogP contribution in [0.2, 0.25) is 0 Å². The SMILES string of the molecule is CCCOc1ccc(C2/C(=C(\O)c3nc4c(C)cccn4c3C)C(=O)C(=O)N2c2nnc(C)s2)cc1OCC. The van der Waals surface area contributed by atoms with Crippen LogP contribution in [-0.4, -0.2) is 49.6 Å². The van der Waals surface area contributed by atoms with Crippen molar-refractivity contribution >= 4 is 39.6 Å². The summed E-state index contributed by atoms with van der Waals surface area (Å²) < 4.78 is 13.5. The highest BCUT2D eigenvalue weighted by Gasteiger charge is 2.49. The lowest BCUT2D eigenvalue weighted by Crippen LogP contribution is -2.29. The third-order valence-electron chi connectivity index (χ3n) is 6.52. The molecule has 1 saturated heterocycles. The molecule has 0 spiro atoms. The maximum Gasteiger partial charge on any atom is 0.301 e. The van der Waals surface area contributed by atoms with Crippen molar-refractivity contribution in [3.63, 3.8) is 0 Å². The summed E-state index contributed by atoms with van der Waals surface area (Å²) in [7, 11) is 0. The molecule has 0 saturated carbocycles. The molecule has 1 fully saturated rings. The molecule has 5 rings (SSSR count). The Hall–Kier alpha value is -4.25. The minimum Gasteiger partial charge on any atom is -0.505 e. The number of fused-ring (bicyclic) bond motifs is 1. The minimum absolute atomic E-state index is 0.0818. The number of ether oxygens (including phenoxy) is 2. The third kappa shape index (κ3) is 4.52. The monoisotopic (exact) mass is 547 g/mol. The fourth-order valence-corrected chi connectivity index (χ4v) is 5.41. The number of aryl methyl sites for hydroxylation is 3. The number of hydrogen-bond acceptors (Lipinski definition) is 9. The van der Waals surface area contributed by atoms with E-state index in [1.54, 1.807) is 32.0 Å². The molecule has 1 unspecified atom stereocenters. The summed E-state index contributed by atoms with van der Waals surface area (Å²) in [4.78, 5) is 33.0. The smallest absolute Gasteiger partial charge is 0.301 e. The third-order valence-corrected chi connectivity index (χ3v) is 7.36. The Labute approximate surface area is 229 Å². The first-order chi connectivity index (χ1) is 18.8. The topological polar surface area (TPSA) is 119 Å². The number of pyridine rings is 1. The lowest BCUT2D eigenvalue weighted by molar-refractivity contribution is -0.132. The van der Waals surface area contributed by atoms with E-state index in [4.69, 9.17) is 9.47 Å². The first kappa shape index (κ1) is 26.4. The van der Waals surface area contributed by atoms with Crippen molar-refractivity contribution in [2.24, 2.45) is 0 Å². The Morgan fingerprint density at radius 2 is 1.87 bits per heavy atom. The first-order valence-corrected chi connectivity index (χ1v) is 13.5. The van der Waals surface area contributed by atoms with E-state index in [9.17, 15) is 14.7 Å². The Bertz CT molecular complexity index is 1620. The first-order valence-electron chi connectivity index (χ1n) is 12.7. The standard InChI is InChI=1S/C28H29N5O5S/c1-6-13-38-19-11-10-18(14-20(19)37-7-2)23-21(25(35)27(36)33(23)28-31-30-17(5)39-28)24(34)22-16(4)32-12-8-9-15(3)26(32)29-22/h8-12,14,23,34H,6-7,13H2,1-5H3/b24-21+. The lowest BCUT2D eigenvalue weighted by atomic mass is 9.96. The average molecular weight is 548 g/mol. The Balaban J connectivity index is 1.74. The van der Waals surface area contributed by atoms with Gasteiger partial charge in [-0.25, -0.2) is 4.98 Å². The van der Waals surface area contributed by atoms with Gasteiger partial charge in [-0.05, 0) is 63.4 Å². The summed E-state index contributed by atoms with van der Waals surface area (Å²) in [6.07, 6.45) is 2.66. The van der Waals surface area contributed by atoms with Gasteiger partial charge in [0.25, 0.3) is 5.78 Å². The molecule has 1 amide bonds. The number of carbonyl (C=O) groups is 2. The predicted molar refractivity (Wildman–Crippen MR) is 147 cm³/mol. The average Bonchev–Trinajstić information content (AvgIpc) is 3.58. The summed E-state index contributed by atoms with van der Waals surface area (Å²) in [5.41, 5.74) is 2.90. The summed E-state index contributed by atoms with van der Waals surface area (Å²) in [5, 5.41) is 20.7. The van der Waals surface area contributed by atoms with Crippen LogP contribution in [0.3, 0.4) is 0 Å². The molecule has 0 bridgehead atoms. The molecule has 1 N–H and O–H groups in total. The van der Waals surface area contributed by atoms with Gasteiger partial charge in [0.15, 0.2) is 17.3 Å². The van der Waals surface area contributed by atoms with Gasteiger partial charge in [0, 0.05) is 6.20 Å². The molecule has 11 heteroatoms. The van der Waals surface area contributed by atoms with Crippen LogP contribution in [0.4, 0.5) is 5.13 Å². The molecule has 0 aliphatic carbocycles. The fourth-order valence-electron chi connectivity index (χ4n) is 4.70. The van der Waals surface area contributed by atoms with E-state index in [0.717, 1.165) is 12.0 Å². The molecule has 202 valence electrons. The normalized spacial score (nSPS) is 16.8. The second-order valence-electron chi connectivity index (χ2n) is 9.19. The van der Waals surface area contributed by atoms with Gasteiger partial charge in [-0.1, -0.05) is 30.4 Å². The van der Waals surface area contributed by atoms with Gasteiger partial charge in [0.2, 0.25) is 5.13 Å². The molecule has 10 nitrogen and oxygen atoms in total. The number of imidazole rings is 1. The molecule has 39 heavy (non-hydrogen) atoms. The van der Waals surface area contributed by atoms with Gasteiger partial charge in [-0.15, -0.1) is 10.2 Å². The number of amides is 1. The van der Waals surface area contributed by atoms with Crippen LogP contribution in [0.25, 0.3) is 11.4 Å². The predicted octanol–water partition coefficient (Wildman–Crippen LogP) is 4.92. The molecule has 4 aromatic rings. The van der Waals surface area contributed by atoms with Gasteiger partial charge in [-0.3, -0.25) is 14.5 Å². The number of nitrogens with zero attached hydrogens (tertiary/aromatic N) is 5. The van der Waals surface area contributed by atoms with Crippen LogP contribution in [0.15, 0.2) is 42.1 Å². The summed E-state index contributed by atoms with van der Waals surface area (Å²) in [5.74, 6) is -0.964. The summed E-state index contributed by atoms with van der Waals surface area (Å²) >= 11 is 1.19. The van der Waals surface area contributed by atoms with Crippen molar-refractivity contribution in [1.82, 2.24) is 19.6 Å². The molecule has 1 aromatic carbocycles. The zero-order valence-corrected chi connectivity index (χ0v) is 23.2. The molecule has 3 aromatic heterocycles. The number of hydrogen-bond donors (Lipinski definition) is 1. The Morgan fingerprint density at radius 1 is 1.08 bits per heavy atom. The number of aliphatic hydroxyl groups excluding tert-OH is 1. The highest BCUT2D eigenvalue weighted by atomic mass is 32.1. The molecular formula is C28H29N5O5S. The van der Waals surface area contributed by atoms with E-state index in [2.05, 4.69) is 15.2 Å². The van der Waals surface area contributed by atoms with E-state index < -0.39 is 17.7 Å². The van der Waals surface area contributed by atoms with E-state index >= 15 is 0 Å². The van der Waals surface area contributed by atoms with E-state index in [1.807, 2.05) is 43.5 Å². The minimum atomic E-state index is -0.984. The van der Waals surface area contributed by atoms with Crippen molar-refractivity contribution in [1.29, 1.82) is 0 Å². The number of ketones is 1. The van der Waals surface area contributed by atoms with Crippen molar-refractivity contribution in [2.75, 3.05) is 18.1 Å². The van der Waals surface area contributed by atoms with Gasteiger partial charge in [0.05, 0.1) is 30.5 Å². The molecule has 4 heterocycles. The molecule has 0 radical (unpaired) electrons. The van der Waals surface area contributed by atoms with E-state index in [1.165, 1.54) is 16.2 Å². The van der Waals surface area contributed by atoms with Crippen LogP contribution < -0.4 is 14.4 Å². The van der Waals surface area contributed by atoms with Crippen molar-refractivity contribution in [2.45, 2.75) is 47.1 Å². The van der Waals surface area contributed by atoms with Crippen LogP contribution in [-0.2, 0) is 9.59 Å². The number of aliphatic hydroxyl groups is 1. The van der Waals surface area contributed by atoms with E-state index in [0.29, 0.717) is 46.6 Å². The van der Waals surface area contributed by atoms with Crippen molar-refractivity contribution < 1.29 is 24.2 Å². The second kappa shape index (κ2) is 10.5. The van der Waals surface area contributed by atoms with Crippen LogP contribution in [0.5, 0.6) is 11.5 Å². The zero-order chi connectivity index (χ0) is 27.8. The number of carbonyl (C=O) groups excluding carboxylic acids is 2. The second-order valence-corrected chi connectivity index (χ2v) is 10.4. The van der Waals surface area contributed by atoms with Gasteiger partial charge in [-0.2, -0.15) is 0 Å². The Morgan fingerprint density at radius 3 is 2.54 bits per heavy atom. The maximum absolute atomic E-state index is 13.6. The summed E-state index contributed by atoms with van der Waals surface area (Å²) in [6.45, 7) is 10.3. The highest BCUT2D eigenvalue weighted by molar-refractivity contribution is 7.15. The number of anilines is 1. The molecular weight excluding hydrogens is 518 g/mol. The van der Waals surface area contributed by atoms with Crippen molar-refractivity contribution in [3.8, 4) is 11.5 Å². The number of rotatable bonds is 8. The van der Waals surface area contributed by atoms with Crippen LogP contribution >= 0.6 is 11.3 Å². The quantitative estimate of drug-likeness (QED) is 0.187. The number of aromatic nitrogens is 4. The maximum atomic E-state index is 13.6. The molecule has 1 aliphatic rings. The largest absolute Gasteiger partial charge is 0.505 e. The van der Waals surface area contributed by atoms with Gasteiger partial charge < -0.3 is 19.0 Å². The number of Topliss-reactive ketones (excluding diaryl/α,β-unsaturated/α-hetero) is 1. The lowest BCUT2D eigenvalue weighted by Gasteiger charge is -2.23. The molecule has 1 atom stereocenters. The van der Waals surface area contributed by atoms with E-state index in [-0.39, 0.29) is 22.2 Å². The van der Waals surface area contributed by atoms with Crippen LogP contribution in [0, 0.1) is 20.8 Å². The van der Waals surface area contributed by atoms with Crippen molar-refractivity contribution in [3.05, 3.63) is 69.6 Å². The fraction of sp³-hybridized carbons (Fsp3) is 0.321. The number of benzene rings is 1. The highest BCUT2D eigenvalue weighted by Crippen LogP contribution is 2.45.